The molecule has 6 heteroatoms. The van der Waals surface area contributed by atoms with Crippen LogP contribution in [0.3, 0.4) is 0 Å². The molecule has 1 aliphatic carbocycles. The standard InChI is InChI=1S/C15H26N2O4/c1-10(17(3)11(2)18)14(19)16-13(15(20)21-4)12-8-6-5-7-9-12/h10,12-13H,5-9H2,1-4H3,(H,16,19). The van der Waals surface area contributed by atoms with Crippen LogP contribution in [0.1, 0.15) is 46.0 Å². The highest BCUT2D eigenvalue weighted by Crippen LogP contribution is 2.27. The summed E-state index contributed by atoms with van der Waals surface area (Å²) in [5, 5.41) is 2.77. The quantitative estimate of drug-likeness (QED) is 0.771. The summed E-state index contributed by atoms with van der Waals surface area (Å²) in [6.45, 7) is 3.05. The minimum Gasteiger partial charge on any atom is -0.467 e. The molecule has 0 bridgehead atoms. The summed E-state index contributed by atoms with van der Waals surface area (Å²) < 4.78 is 4.82. The number of rotatable bonds is 5. The predicted octanol–water partition coefficient (Wildman–Crippen LogP) is 1.09. The molecular weight excluding hydrogens is 272 g/mol. The van der Waals surface area contributed by atoms with Crippen LogP contribution in [0.25, 0.3) is 0 Å². The van der Waals surface area contributed by atoms with E-state index in [-0.39, 0.29) is 17.7 Å². The average Bonchev–Trinajstić information content (AvgIpc) is 2.50. The molecule has 0 aromatic heterocycles. The normalized spacial score (nSPS) is 18.5. The fraction of sp³-hybridized carbons (Fsp3) is 0.800. The number of likely N-dealkylation sites (N-methyl/N-ethyl adjacent to an activating group) is 1. The van der Waals surface area contributed by atoms with Gasteiger partial charge in [0.05, 0.1) is 7.11 Å². The second-order valence-electron chi connectivity index (χ2n) is 5.71. The molecule has 2 unspecified atom stereocenters. The third-order valence-corrected chi connectivity index (χ3v) is 4.33. The van der Waals surface area contributed by atoms with Crippen molar-refractivity contribution < 1.29 is 19.1 Å². The number of ether oxygens (including phenoxy) is 1. The van der Waals surface area contributed by atoms with Crippen LogP contribution in [-0.4, -0.2) is 48.9 Å². The molecule has 120 valence electrons. The van der Waals surface area contributed by atoms with Crippen LogP contribution in [0.15, 0.2) is 0 Å². The molecule has 1 N–H and O–H groups in total. The monoisotopic (exact) mass is 298 g/mol. The van der Waals surface area contributed by atoms with Crippen molar-refractivity contribution in [1.29, 1.82) is 0 Å². The fourth-order valence-electron chi connectivity index (χ4n) is 2.69. The third-order valence-electron chi connectivity index (χ3n) is 4.33. The number of carbonyl (C=O) groups is 3. The van der Waals surface area contributed by atoms with E-state index in [1.54, 1.807) is 14.0 Å². The maximum atomic E-state index is 12.2. The van der Waals surface area contributed by atoms with E-state index in [0.29, 0.717) is 0 Å². The zero-order valence-corrected chi connectivity index (χ0v) is 13.3. The van der Waals surface area contributed by atoms with Crippen molar-refractivity contribution in [2.75, 3.05) is 14.2 Å². The highest BCUT2D eigenvalue weighted by atomic mass is 16.5. The topological polar surface area (TPSA) is 75.7 Å². The Balaban J connectivity index is 2.73. The van der Waals surface area contributed by atoms with Crippen molar-refractivity contribution in [2.45, 2.75) is 58.0 Å². The molecule has 0 aromatic rings. The second-order valence-corrected chi connectivity index (χ2v) is 5.71. The molecule has 1 rings (SSSR count). The lowest BCUT2D eigenvalue weighted by atomic mass is 9.83. The first kappa shape index (κ1) is 17.5. The van der Waals surface area contributed by atoms with Crippen LogP contribution in [0, 0.1) is 5.92 Å². The number of esters is 1. The second kappa shape index (κ2) is 8.00. The first-order valence-electron chi connectivity index (χ1n) is 7.50. The largest absolute Gasteiger partial charge is 0.467 e. The summed E-state index contributed by atoms with van der Waals surface area (Å²) in [5.74, 6) is -0.809. The lowest BCUT2D eigenvalue weighted by Crippen LogP contribution is -2.53. The van der Waals surface area contributed by atoms with Gasteiger partial charge in [0.1, 0.15) is 12.1 Å². The van der Waals surface area contributed by atoms with Gasteiger partial charge in [0.15, 0.2) is 0 Å². The van der Waals surface area contributed by atoms with Crippen molar-refractivity contribution in [3.8, 4) is 0 Å². The molecule has 0 radical (unpaired) electrons. The SMILES string of the molecule is COC(=O)C(NC(=O)C(C)N(C)C(C)=O)C1CCCCC1. The highest BCUT2D eigenvalue weighted by molar-refractivity contribution is 5.90. The molecule has 0 aliphatic heterocycles. The Morgan fingerprint density at radius 3 is 2.24 bits per heavy atom. The minimum absolute atomic E-state index is 0.116. The minimum atomic E-state index is -0.620. The number of carbonyl (C=O) groups excluding carboxylic acids is 3. The Labute approximate surface area is 126 Å². The van der Waals surface area contributed by atoms with E-state index in [4.69, 9.17) is 4.74 Å². The van der Waals surface area contributed by atoms with Crippen LogP contribution in [0.5, 0.6) is 0 Å². The number of nitrogens with one attached hydrogen (secondary N) is 1. The molecule has 2 amide bonds. The van der Waals surface area contributed by atoms with Crippen molar-refractivity contribution in [3.63, 3.8) is 0 Å². The number of hydrogen-bond donors (Lipinski definition) is 1. The maximum Gasteiger partial charge on any atom is 0.328 e. The summed E-state index contributed by atoms with van der Waals surface area (Å²) >= 11 is 0. The van der Waals surface area contributed by atoms with Gasteiger partial charge in [0.2, 0.25) is 11.8 Å². The molecule has 6 nitrogen and oxygen atoms in total. The van der Waals surface area contributed by atoms with Crippen LogP contribution < -0.4 is 5.32 Å². The van der Waals surface area contributed by atoms with Gasteiger partial charge in [-0.1, -0.05) is 19.3 Å². The summed E-state index contributed by atoms with van der Waals surface area (Å²) in [4.78, 5) is 36.9. The van der Waals surface area contributed by atoms with Gasteiger partial charge in [-0.05, 0) is 25.7 Å². The molecule has 0 saturated heterocycles. The molecular formula is C15H26N2O4. The zero-order chi connectivity index (χ0) is 16.0. The Morgan fingerprint density at radius 1 is 1.19 bits per heavy atom. The maximum absolute atomic E-state index is 12.2. The Bertz CT molecular complexity index is 391. The van der Waals surface area contributed by atoms with E-state index in [1.807, 2.05) is 0 Å². The van der Waals surface area contributed by atoms with E-state index in [1.165, 1.54) is 25.4 Å². The van der Waals surface area contributed by atoms with Crippen LogP contribution in [0.2, 0.25) is 0 Å². The molecule has 1 fully saturated rings. The Hall–Kier alpha value is -1.59. The van der Waals surface area contributed by atoms with E-state index in [2.05, 4.69) is 5.32 Å². The molecule has 2 atom stereocenters. The molecule has 21 heavy (non-hydrogen) atoms. The predicted molar refractivity (Wildman–Crippen MR) is 78.4 cm³/mol. The number of nitrogens with zero attached hydrogens (tertiary/aromatic N) is 1. The Kier molecular flexibility index (Phi) is 6.65. The highest BCUT2D eigenvalue weighted by Gasteiger charge is 2.33. The summed E-state index contributed by atoms with van der Waals surface area (Å²) in [7, 11) is 2.90. The lowest BCUT2D eigenvalue weighted by Gasteiger charge is -2.31. The van der Waals surface area contributed by atoms with E-state index >= 15 is 0 Å². The number of amides is 2. The van der Waals surface area contributed by atoms with Crippen LogP contribution in [0.4, 0.5) is 0 Å². The average molecular weight is 298 g/mol. The van der Waals surface area contributed by atoms with Crippen LogP contribution in [-0.2, 0) is 19.1 Å². The molecule has 1 saturated carbocycles. The fourth-order valence-corrected chi connectivity index (χ4v) is 2.69. The van der Waals surface area contributed by atoms with Crippen LogP contribution >= 0.6 is 0 Å². The van der Waals surface area contributed by atoms with Gasteiger partial charge in [0.25, 0.3) is 0 Å². The van der Waals surface area contributed by atoms with Crippen molar-refractivity contribution in [3.05, 3.63) is 0 Å². The van der Waals surface area contributed by atoms with Gasteiger partial charge in [-0.3, -0.25) is 9.59 Å². The molecule has 0 spiro atoms. The summed E-state index contributed by atoms with van der Waals surface area (Å²) in [5.41, 5.74) is 0. The molecule has 0 heterocycles. The first-order chi connectivity index (χ1) is 9.88. The van der Waals surface area contributed by atoms with E-state index in [9.17, 15) is 14.4 Å². The zero-order valence-electron chi connectivity index (χ0n) is 13.3. The number of methoxy groups -OCH3 is 1. The van der Waals surface area contributed by atoms with Gasteiger partial charge in [-0.2, -0.15) is 0 Å². The smallest absolute Gasteiger partial charge is 0.328 e. The third kappa shape index (κ3) is 4.72. The molecule has 0 aromatic carbocycles. The van der Waals surface area contributed by atoms with Crippen molar-refractivity contribution in [2.24, 2.45) is 5.92 Å². The number of hydrogen-bond acceptors (Lipinski definition) is 4. The lowest BCUT2D eigenvalue weighted by molar-refractivity contribution is -0.148. The summed E-state index contributed by atoms with van der Waals surface area (Å²) in [6.07, 6.45) is 5.13. The van der Waals surface area contributed by atoms with Crippen molar-refractivity contribution in [1.82, 2.24) is 10.2 Å². The van der Waals surface area contributed by atoms with Gasteiger partial charge >= 0.3 is 5.97 Å². The van der Waals surface area contributed by atoms with Gasteiger partial charge in [0, 0.05) is 14.0 Å². The summed E-state index contributed by atoms with van der Waals surface area (Å²) in [6, 6.07) is -1.23. The Morgan fingerprint density at radius 2 is 1.76 bits per heavy atom. The van der Waals surface area contributed by atoms with Gasteiger partial charge in [-0.15, -0.1) is 0 Å². The molecule has 1 aliphatic rings. The van der Waals surface area contributed by atoms with Gasteiger partial charge < -0.3 is 15.0 Å². The first-order valence-corrected chi connectivity index (χ1v) is 7.50. The van der Waals surface area contributed by atoms with Crippen molar-refractivity contribution >= 4 is 17.8 Å². The van der Waals surface area contributed by atoms with E-state index in [0.717, 1.165) is 25.7 Å². The van der Waals surface area contributed by atoms with E-state index < -0.39 is 18.1 Å². The van der Waals surface area contributed by atoms with Gasteiger partial charge in [-0.25, -0.2) is 4.79 Å².